The Labute approximate surface area is 115 Å². The van der Waals surface area contributed by atoms with Crippen LogP contribution < -0.4 is 0 Å². The van der Waals surface area contributed by atoms with Gasteiger partial charge in [-0.25, -0.2) is 0 Å². The van der Waals surface area contributed by atoms with Crippen LogP contribution in [0.4, 0.5) is 0 Å². The Morgan fingerprint density at radius 2 is 2.06 bits per heavy atom. The Hall–Kier alpha value is -0.570. The van der Waals surface area contributed by atoms with Crippen molar-refractivity contribution in [1.29, 1.82) is 0 Å². The van der Waals surface area contributed by atoms with Crippen molar-refractivity contribution in [2.75, 3.05) is 13.6 Å². The van der Waals surface area contributed by atoms with Crippen LogP contribution in [0, 0.1) is 5.92 Å². The quantitative estimate of drug-likeness (QED) is 0.853. The lowest BCUT2D eigenvalue weighted by Crippen LogP contribution is -2.32. The SMILES string of the molecule is CC(C1CC1)N(C)CCC(O)c1ccccc1Cl. The normalized spacial score (nSPS) is 18.9. The van der Waals surface area contributed by atoms with Gasteiger partial charge in [0, 0.05) is 17.6 Å². The van der Waals surface area contributed by atoms with Crippen LogP contribution >= 0.6 is 11.6 Å². The number of benzene rings is 1. The molecule has 1 aliphatic rings. The van der Waals surface area contributed by atoms with Crippen LogP contribution in [0.2, 0.25) is 5.02 Å². The molecule has 0 radical (unpaired) electrons. The average molecular weight is 268 g/mol. The van der Waals surface area contributed by atoms with Gasteiger partial charge in [0.05, 0.1) is 6.10 Å². The first-order valence-electron chi connectivity index (χ1n) is 6.72. The monoisotopic (exact) mass is 267 g/mol. The lowest BCUT2D eigenvalue weighted by atomic mass is 10.1. The maximum atomic E-state index is 10.2. The fourth-order valence-corrected chi connectivity index (χ4v) is 2.63. The van der Waals surface area contributed by atoms with Gasteiger partial charge in [-0.1, -0.05) is 29.8 Å². The van der Waals surface area contributed by atoms with E-state index in [0.29, 0.717) is 11.1 Å². The Morgan fingerprint density at radius 1 is 1.39 bits per heavy atom. The van der Waals surface area contributed by atoms with Gasteiger partial charge in [0.2, 0.25) is 0 Å². The molecule has 0 spiro atoms. The van der Waals surface area contributed by atoms with E-state index in [0.717, 1.165) is 24.4 Å². The molecule has 1 N–H and O–H groups in total. The zero-order chi connectivity index (χ0) is 13.1. The predicted octanol–water partition coefficient (Wildman–Crippen LogP) is 3.49. The minimum Gasteiger partial charge on any atom is -0.388 e. The Kier molecular flexibility index (Phi) is 4.66. The van der Waals surface area contributed by atoms with Gasteiger partial charge in [0.1, 0.15) is 0 Å². The van der Waals surface area contributed by atoms with Crippen molar-refractivity contribution < 1.29 is 5.11 Å². The summed E-state index contributed by atoms with van der Waals surface area (Å²) in [5, 5.41) is 10.8. The van der Waals surface area contributed by atoms with E-state index < -0.39 is 6.10 Å². The highest BCUT2D eigenvalue weighted by Crippen LogP contribution is 2.35. The number of halogens is 1. The summed E-state index contributed by atoms with van der Waals surface area (Å²) in [6.45, 7) is 3.18. The first kappa shape index (κ1) is 13.9. The molecule has 0 bridgehead atoms. The summed E-state index contributed by atoms with van der Waals surface area (Å²) < 4.78 is 0. The second-order valence-electron chi connectivity index (χ2n) is 5.38. The number of rotatable bonds is 6. The number of hydrogen-bond donors (Lipinski definition) is 1. The molecule has 0 heterocycles. The molecule has 1 aliphatic carbocycles. The van der Waals surface area contributed by atoms with Crippen molar-refractivity contribution in [3.63, 3.8) is 0 Å². The molecule has 2 rings (SSSR count). The van der Waals surface area contributed by atoms with Gasteiger partial charge in [0.25, 0.3) is 0 Å². The van der Waals surface area contributed by atoms with Crippen LogP contribution in [-0.4, -0.2) is 29.6 Å². The standard InChI is InChI=1S/C15H22ClNO/c1-11(12-7-8-12)17(2)10-9-15(18)13-5-3-4-6-14(13)16/h3-6,11-12,15,18H,7-10H2,1-2H3. The van der Waals surface area contributed by atoms with Crippen LogP contribution in [0.1, 0.15) is 37.9 Å². The zero-order valence-corrected chi connectivity index (χ0v) is 11.9. The predicted molar refractivity (Wildman–Crippen MR) is 75.8 cm³/mol. The minimum absolute atomic E-state index is 0.465. The second kappa shape index (κ2) is 6.05. The number of aliphatic hydroxyl groups is 1. The molecular weight excluding hydrogens is 246 g/mol. The van der Waals surface area contributed by atoms with Crippen molar-refractivity contribution in [3.8, 4) is 0 Å². The highest BCUT2D eigenvalue weighted by Gasteiger charge is 2.30. The summed E-state index contributed by atoms with van der Waals surface area (Å²) in [6, 6.07) is 8.16. The fourth-order valence-electron chi connectivity index (χ4n) is 2.37. The van der Waals surface area contributed by atoms with Gasteiger partial charge in [-0.15, -0.1) is 0 Å². The Balaban J connectivity index is 1.84. The molecule has 18 heavy (non-hydrogen) atoms. The molecule has 0 saturated heterocycles. The van der Waals surface area contributed by atoms with E-state index >= 15 is 0 Å². The van der Waals surface area contributed by atoms with E-state index in [9.17, 15) is 5.11 Å². The van der Waals surface area contributed by atoms with E-state index in [1.165, 1.54) is 12.8 Å². The summed E-state index contributed by atoms with van der Waals surface area (Å²) in [4.78, 5) is 2.34. The summed E-state index contributed by atoms with van der Waals surface area (Å²) in [6.07, 6.45) is 2.99. The van der Waals surface area contributed by atoms with Crippen molar-refractivity contribution in [2.24, 2.45) is 5.92 Å². The minimum atomic E-state index is -0.465. The molecule has 1 saturated carbocycles. The largest absolute Gasteiger partial charge is 0.388 e. The van der Waals surface area contributed by atoms with Gasteiger partial charge in [-0.3, -0.25) is 0 Å². The smallest absolute Gasteiger partial charge is 0.0816 e. The molecule has 1 fully saturated rings. The molecule has 2 atom stereocenters. The van der Waals surface area contributed by atoms with Crippen molar-refractivity contribution >= 4 is 11.6 Å². The van der Waals surface area contributed by atoms with Gasteiger partial charge in [-0.2, -0.15) is 0 Å². The number of hydrogen-bond acceptors (Lipinski definition) is 2. The summed E-state index contributed by atoms with van der Waals surface area (Å²) in [5.74, 6) is 0.868. The third-order valence-corrected chi connectivity index (χ3v) is 4.36. The average Bonchev–Trinajstić information content (AvgIpc) is 3.19. The first-order valence-corrected chi connectivity index (χ1v) is 7.10. The molecule has 0 aromatic heterocycles. The fraction of sp³-hybridized carbons (Fsp3) is 0.600. The van der Waals surface area contributed by atoms with E-state index in [1.807, 2.05) is 24.3 Å². The number of nitrogens with zero attached hydrogens (tertiary/aromatic N) is 1. The van der Waals surface area contributed by atoms with E-state index in [-0.39, 0.29) is 0 Å². The van der Waals surface area contributed by atoms with Gasteiger partial charge >= 0.3 is 0 Å². The first-order chi connectivity index (χ1) is 8.59. The molecule has 2 unspecified atom stereocenters. The summed E-state index contributed by atoms with van der Waals surface area (Å²) >= 11 is 6.08. The van der Waals surface area contributed by atoms with Crippen LogP contribution in [-0.2, 0) is 0 Å². The maximum Gasteiger partial charge on any atom is 0.0816 e. The third-order valence-electron chi connectivity index (χ3n) is 4.02. The molecule has 1 aromatic rings. The zero-order valence-electron chi connectivity index (χ0n) is 11.1. The van der Waals surface area contributed by atoms with Gasteiger partial charge < -0.3 is 10.0 Å². The van der Waals surface area contributed by atoms with Crippen LogP contribution in [0.15, 0.2) is 24.3 Å². The van der Waals surface area contributed by atoms with Crippen LogP contribution in [0.3, 0.4) is 0 Å². The lowest BCUT2D eigenvalue weighted by molar-refractivity contribution is 0.135. The molecule has 3 heteroatoms. The van der Waals surface area contributed by atoms with E-state index in [1.54, 1.807) is 0 Å². The van der Waals surface area contributed by atoms with Crippen molar-refractivity contribution in [2.45, 2.75) is 38.3 Å². The lowest BCUT2D eigenvalue weighted by Gasteiger charge is -2.25. The van der Waals surface area contributed by atoms with E-state index in [2.05, 4.69) is 18.9 Å². The molecule has 0 aliphatic heterocycles. The van der Waals surface area contributed by atoms with Crippen LogP contribution in [0.5, 0.6) is 0 Å². The molecular formula is C15H22ClNO. The van der Waals surface area contributed by atoms with Crippen LogP contribution in [0.25, 0.3) is 0 Å². The highest BCUT2D eigenvalue weighted by atomic mass is 35.5. The second-order valence-corrected chi connectivity index (χ2v) is 5.79. The molecule has 1 aromatic carbocycles. The Bertz CT molecular complexity index is 392. The number of aliphatic hydroxyl groups excluding tert-OH is 1. The summed E-state index contributed by atoms with van der Waals surface area (Å²) in [7, 11) is 2.14. The Morgan fingerprint density at radius 3 is 2.67 bits per heavy atom. The van der Waals surface area contributed by atoms with Gasteiger partial charge in [0.15, 0.2) is 0 Å². The molecule has 2 nitrogen and oxygen atoms in total. The van der Waals surface area contributed by atoms with Crippen molar-refractivity contribution in [3.05, 3.63) is 34.9 Å². The van der Waals surface area contributed by atoms with Gasteiger partial charge in [-0.05, 0) is 50.8 Å². The maximum absolute atomic E-state index is 10.2. The summed E-state index contributed by atoms with van der Waals surface area (Å²) in [5.41, 5.74) is 0.839. The van der Waals surface area contributed by atoms with Crippen molar-refractivity contribution in [1.82, 2.24) is 4.90 Å². The topological polar surface area (TPSA) is 23.5 Å². The molecule has 100 valence electrons. The van der Waals surface area contributed by atoms with E-state index in [4.69, 9.17) is 11.6 Å². The third kappa shape index (κ3) is 3.47. The molecule has 0 amide bonds. The highest BCUT2D eigenvalue weighted by molar-refractivity contribution is 6.31.